The van der Waals surface area contributed by atoms with Gasteiger partial charge in [-0.3, -0.25) is 0 Å². The van der Waals surface area contributed by atoms with Crippen molar-refractivity contribution in [1.29, 1.82) is 0 Å². The maximum Gasteiger partial charge on any atom is 0.0654 e. The Balaban J connectivity index is 1.51. The highest BCUT2D eigenvalue weighted by atomic mass is 35.5. The highest BCUT2D eigenvalue weighted by Gasteiger charge is 2.36. The molecule has 2 aromatic rings. The Kier molecular flexibility index (Phi) is 6.30. The highest BCUT2D eigenvalue weighted by molar-refractivity contribution is 6.30. The van der Waals surface area contributed by atoms with Gasteiger partial charge in [0, 0.05) is 17.0 Å². The zero-order valence-corrected chi connectivity index (χ0v) is 15.3. The van der Waals surface area contributed by atoms with Crippen LogP contribution >= 0.6 is 11.6 Å². The molecule has 0 amide bonds. The smallest absolute Gasteiger partial charge is 0.0654 e. The van der Waals surface area contributed by atoms with Crippen LogP contribution < -0.4 is 5.73 Å². The first-order valence-corrected chi connectivity index (χ1v) is 9.39. The lowest BCUT2D eigenvalue weighted by Crippen LogP contribution is -2.40. The Morgan fingerprint density at radius 2 is 1.84 bits per heavy atom. The molecule has 0 aliphatic heterocycles. The molecular formula is C22H26ClNO. The van der Waals surface area contributed by atoms with E-state index in [9.17, 15) is 0 Å². The van der Waals surface area contributed by atoms with Crippen molar-refractivity contribution in [2.24, 2.45) is 5.73 Å². The van der Waals surface area contributed by atoms with Gasteiger partial charge in [-0.15, -0.1) is 0 Å². The second-order valence-electron chi connectivity index (χ2n) is 6.84. The Labute approximate surface area is 155 Å². The van der Waals surface area contributed by atoms with Gasteiger partial charge in [-0.2, -0.15) is 0 Å². The van der Waals surface area contributed by atoms with Crippen molar-refractivity contribution in [3.05, 3.63) is 76.8 Å². The molecule has 0 bridgehead atoms. The van der Waals surface area contributed by atoms with Crippen molar-refractivity contribution >= 4 is 17.7 Å². The summed E-state index contributed by atoms with van der Waals surface area (Å²) in [5.74, 6) is 0. The maximum absolute atomic E-state index is 6.17. The molecule has 0 saturated heterocycles. The summed E-state index contributed by atoms with van der Waals surface area (Å²) in [4.78, 5) is 0. The molecule has 3 heteroatoms. The van der Waals surface area contributed by atoms with Crippen LogP contribution in [0.5, 0.6) is 0 Å². The molecule has 2 aromatic carbocycles. The SMILES string of the molecule is NCC1(c2cccc(Cl)c2)CCC(OC/C=C/c2ccccc2)CC1. The Morgan fingerprint density at radius 3 is 2.52 bits per heavy atom. The minimum absolute atomic E-state index is 0.0463. The van der Waals surface area contributed by atoms with Gasteiger partial charge in [-0.05, 0) is 48.9 Å². The number of benzene rings is 2. The Bertz CT molecular complexity index is 690. The first kappa shape index (κ1) is 18.2. The highest BCUT2D eigenvalue weighted by Crippen LogP contribution is 2.40. The summed E-state index contributed by atoms with van der Waals surface area (Å²) in [6.07, 6.45) is 8.72. The average Bonchev–Trinajstić information content (AvgIpc) is 2.67. The van der Waals surface area contributed by atoms with Gasteiger partial charge in [0.25, 0.3) is 0 Å². The average molecular weight is 356 g/mol. The van der Waals surface area contributed by atoms with Crippen molar-refractivity contribution in [3.63, 3.8) is 0 Å². The van der Waals surface area contributed by atoms with Crippen LogP contribution in [-0.4, -0.2) is 19.3 Å². The van der Waals surface area contributed by atoms with E-state index in [0.717, 1.165) is 30.7 Å². The van der Waals surface area contributed by atoms with Gasteiger partial charge in [0.2, 0.25) is 0 Å². The van der Waals surface area contributed by atoms with Gasteiger partial charge < -0.3 is 10.5 Å². The lowest BCUT2D eigenvalue weighted by atomic mass is 9.69. The van der Waals surface area contributed by atoms with E-state index < -0.39 is 0 Å². The molecule has 1 fully saturated rings. The molecule has 0 radical (unpaired) electrons. The van der Waals surface area contributed by atoms with Crippen molar-refractivity contribution in [1.82, 2.24) is 0 Å². The summed E-state index contributed by atoms with van der Waals surface area (Å²) in [6, 6.07) is 18.5. The van der Waals surface area contributed by atoms with E-state index in [2.05, 4.69) is 36.4 Å². The van der Waals surface area contributed by atoms with Crippen LogP contribution in [0.15, 0.2) is 60.7 Å². The summed E-state index contributed by atoms with van der Waals surface area (Å²) in [5, 5.41) is 0.787. The molecule has 1 aliphatic carbocycles. The molecule has 25 heavy (non-hydrogen) atoms. The zero-order valence-electron chi connectivity index (χ0n) is 14.5. The third-order valence-electron chi connectivity index (χ3n) is 5.26. The third-order valence-corrected chi connectivity index (χ3v) is 5.49. The molecular weight excluding hydrogens is 330 g/mol. The second kappa shape index (κ2) is 8.66. The van der Waals surface area contributed by atoms with E-state index in [1.54, 1.807) is 0 Å². The molecule has 3 rings (SSSR count). The van der Waals surface area contributed by atoms with E-state index in [1.165, 1.54) is 11.1 Å². The molecule has 2 nitrogen and oxygen atoms in total. The topological polar surface area (TPSA) is 35.2 Å². The first-order chi connectivity index (χ1) is 12.2. The maximum atomic E-state index is 6.17. The van der Waals surface area contributed by atoms with Gasteiger partial charge in [-0.25, -0.2) is 0 Å². The van der Waals surface area contributed by atoms with E-state index in [-0.39, 0.29) is 5.41 Å². The van der Waals surface area contributed by atoms with Gasteiger partial charge >= 0.3 is 0 Å². The molecule has 0 heterocycles. The van der Waals surface area contributed by atoms with Crippen LogP contribution in [0.2, 0.25) is 5.02 Å². The Morgan fingerprint density at radius 1 is 1.08 bits per heavy atom. The quantitative estimate of drug-likeness (QED) is 0.772. The summed E-state index contributed by atoms with van der Waals surface area (Å²) >= 11 is 6.17. The number of hydrogen-bond acceptors (Lipinski definition) is 2. The van der Waals surface area contributed by atoms with Crippen LogP contribution in [0.3, 0.4) is 0 Å². The molecule has 132 valence electrons. The standard InChI is InChI=1S/C22H26ClNO/c23-20-10-4-9-19(16-20)22(17-24)13-11-21(12-14-22)25-15-5-8-18-6-2-1-3-7-18/h1-10,16,21H,11-15,17,24H2/b8-5+. The molecule has 2 N–H and O–H groups in total. The number of halogens is 1. The molecule has 0 spiro atoms. The minimum atomic E-state index is 0.0463. The van der Waals surface area contributed by atoms with Gasteiger partial charge in [0.05, 0.1) is 12.7 Å². The largest absolute Gasteiger partial charge is 0.374 e. The normalized spacial score (nSPS) is 23.8. The molecule has 0 unspecified atom stereocenters. The molecule has 0 atom stereocenters. The fourth-order valence-electron chi connectivity index (χ4n) is 3.68. The fraction of sp³-hybridized carbons (Fsp3) is 0.364. The van der Waals surface area contributed by atoms with Crippen LogP contribution in [0.25, 0.3) is 6.08 Å². The predicted octanol–water partition coefficient (Wildman–Crippen LogP) is 5.21. The van der Waals surface area contributed by atoms with Gasteiger partial charge in [0.15, 0.2) is 0 Å². The fourth-order valence-corrected chi connectivity index (χ4v) is 3.87. The van der Waals surface area contributed by atoms with Crippen LogP contribution in [0.1, 0.15) is 36.8 Å². The molecule has 0 aromatic heterocycles. The van der Waals surface area contributed by atoms with E-state index in [0.29, 0.717) is 19.3 Å². The molecule has 1 saturated carbocycles. The minimum Gasteiger partial charge on any atom is -0.374 e. The number of hydrogen-bond donors (Lipinski definition) is 1. The zero-order chi connectivity index (χ0) is 17.5. The van der Waals surface area contributed by atoms with Crippen LogP contribution in [0, 0.1) is 0 Å². The van der Waals surface area contributed by atoms with E-state index in [4.69, 9.17) is 22.1 Å². The summed E-state index contributed by atoms with van der Waals surface area (Å²) in [5.41, 5.74) is 8.68. The summed E-state index contributed by atoms with van der Waals surface area (Å²) < 4.78 is 6.05. The van der Waals surface area contributed by atoms with Crippen LogP contribution in [-0.2, 0) is 10.2 Å². The van der Waals surface area contributed by atoms with E-state index in [1.807, 2.05) is 30.3 Å². The van der Waals surface area contributed by atoms with Crippen molar-refractivity contribution in [3.8, 4) is 0 Å². The number of rotatable bonds is 6. The van der Waals surface area contributed by atoms with Gasteiger partial charge in [0.1, 0.15) is 0 Å². The van der Waals surface area contributed by atoms with Crippen molar-refractivity contribution in [2.75, 3.05) is 13.2 Å². The second-order valence-corrected chi connectivity index (χ2v) is 7.28. The monoisotopic (exact) mass is 355 g/mol. The third kappa shape index (κ3) is 4.72. The summed E-state index contributed by atoms with van der Waals surface area (Å²) in [6.45, 7) is 1.32. The van der Waals surface area contributed by atoms with Gasteiger partial charge in [-0.1, -0.05) is 66.2 Å². The van der Waals surface area contributed by atoms with Crippen molar-refractivity contribution < 1.29 is 4.74 Å². The Hall–Kier alpha value is -1.61. The van der Waals surface area contributed by atoms with Crippen LogP contribution in [0.4, 0.5) is 0 Å². The van der Waals surface area contributed by atoms with E-state index >= 15 is 0 Å². The lowest BCUT2D eigenvalue weighted by molar-refractivity contribution is 0.0290. The first-order valence-electron chi connectivity index (χ1n) is 9.01. The predicted molar refractivity (Wildman–Crippen MR) is 106 cm³/mol. The summed E-state index contributed by atoms with van der Waals surface area (Å²) in [7, 11) is 0. The number of nitrogens with two attached hydrogens (primary N) is 1. The lowest BCUT2D eigenvalue weighted by Gasteiger charge is -2.40. The molecule has 1 aliphatic rings. The number of ether oxygens (including phenoxy) is 1. The van der Waals surface area contributed by atoms with Crippen molar-refractivity contribution in [2.45, 2.75) is 37.2 Å².